The normalized spacial score (nSPS) is 10.9. The summed E-state index contributed by atoms with van der Waals surface area (Å²) in [6.07, 6.45) is 1.51. The van der Waals surface area contributed by atoms with Crippen molar-refractivity contribution in [3.05, 3.63) is 51.7 Å². The van der Waals surface area contributed by atoms with Gasteiger partial charge in [-0.2, -0.15) is 0 Å². The highest BCUT2D eigenvalue weighted by molar-refractivity contribution is 6.34. The molecule has 2 aromatic heterocycles. The fraction of sp³-hybridized carbons (Fsp3) is 0. The first-order chi connectivity index (χ1) is 9.13. The van der Waals surface area contributed by atoms with Crippen molar-refractivity contribution in [3.8, 4) is 11.4 Å². The van der Waals surface area contributed by atoms with Gasteiger partial charge in [-0.3, -0.25) is 0 Å². The maximum Gasteiger partial charge on any atom is 0.161 e. The Bertz CT molecular complexity index is 757. The summed E-state index contributed by atoms with van der Waals surface area (Å²) in [4.78, 5) is 12.8. The van der Waals surface area contributed by atoms with Gasteiger partial charge >= 0.3 is 0 Å². The number of benzene rings is 1. The molecule has 0 aliphatic rings. The molecular formula is C13H6Cl3N3. The van der Waals surface area contributed by atoms with Crippen LogP contribution in [0, 0.1) is 0 Å². The van der Waals surface area contributed by atoms with Crippen molar-refractivity contribution < 1.29 is 0 Å². The van der Waals surface area contributed by atoms with Gasteiger partial charge in [0.05, 0.1) is 10.5 Å². The second-order valence-electron chi connectivity index (χ2n) is 3.87. The van der Waals surface area contributed by atoms with Crippen LogP contribution in [0.2, 0.25) is 15.2 Å². The van der Waals surface area contributed by atoms with Crippen LogP contribution < -0.4 is 0 Å². The monoisotopic (exact) mass is 309 g/mol. The molecule has 0 fully saturated rings. The van der Waals surface area contributed by atoms with E-state index < -0.39 is 0 Å². The van der Waals surface area contributed by atoms with E-state index in [-0.39, 0.29) is 0 Å². The fourth-order valence-electron chi connectivity index (χ4n) is 1.69. The molecule has 0 saturated heterocycles. The van der Waals surface area contributed by atoms with Crippen LogP contribution in [0.5, 0.6) is 0 Å². The Morgan fingerprint density at radius 3 is 2.32 bits per heavy atom. The lowest BCUT2D eigenvalue weighted by Crippen LogP contribution is -1.93. The molecule has 0 spiro atoms. The van der Waals surface area contributed by atoms with E-state index in [1.165, 1.54) is 6.20 Å². The Labute approximate surface area is 124 Å². The first-order valence-electron chi connectivity index (χ1n) is 5.38. The molecule has 3 rings (SSSR count). The largest absolute Gasteiger partial charge is 0.250 e. The lowest BCUT2D eigenvalue weighted by molar-refractivity contribution is 1.20. The van der Waals surface area contributed by atoms with Crippen LogP contribution in [0.4, 0.5) is 0 Å². The van der Waals surface area contributed by atoms with Gasteiger partial charge in [0.1, 0.15) is 5.52 Å². The number of aromatic nitrogens is 3. The average Bonchev–Trinajstić information content (AvgIpc) is 2.38. The molecule has 94 valence electrons. The summed E-state index contributed by atoms with van der Waals surface area (Å²) in [7, 11) is 0. The molecule has 1 aromatic carbocycles. The third-order valence-corrected chi connectivity index (χ3v) is 3.28. The Kier molecular flexibility index (Phi) is 3.27. The Balaban J connectivity index is 2.22. The summed E-state index contributed by atoms with van der Waals surface area (Å²) in [5.41, 5.74) is 1.97. The van der Waals surface area contributed by atoms with Crippen LogP contribution in [-0.4, -0.2) is 15.0 Å². The zero-order valence-corrected chi connectivity index (χ0v) is 11.7. The molecule has 3 aromatic rings. The Morgan fingerprint density at radius 1 is 0.842 bits per heavy atom. The maximum absolute atomic E-state index is 6.11. The molecule has 19 heavy (non-hydrogen) atoms. The predicted molar refractivity (Wildman–Crippen MR) is 77.8 cm³/mol. The molecule has 0 amide bonds. The number of hydrogen-bond acceptors (Lipinski definition) is 3. The van der Waals surface area contributed by atoms with Crippen molar-refractivity contribution in [1.29, 1.82) is 0 Å². The second kappa shape index (κ2) is 4.93. The number of halogens is 3. The second-order valence-corrected chi connectivity index (χ2v) is 5.10. The van der Waals surface area contributed by atoms with Crippen LogP contribution in [0.15, 0.2) is 36.5 Å². The van der Waals surface area contributed by atoms with E-state index in [1.807, 2.05) is 12.1 Å². The molecule has 0 radical (unpaired) electrons. The average molecular weight is 311 g/mol. The number of rotatable bonds is 1. The Hall–Kier alpha value is -1.42. The molecule has 0 atom stereocenters. The van der Waals surface area contributed by atoms with Gasteiger partial charge in [-0.25, -0.2) is 15.0 Å². The summed E-state index contributed by atoms with van der Waals surface area (Å²) in [6, 6.07) is 8.91. The van der Waals surface area contributed by atoms with E-state index in [4.69, 9.17) is 34.8 Å². The molecule has 0 bridgehead atoms. The van der Waals surface area contributed by atoms with Gasteiger partial charge < -0.3 is 0 Å². The van der Waals surface area contributed by atoms with Crippen molar-refractivity contribution in [2.24, 2.45) is 0 Å². The van der Waals surface area contributed by atoms with Crippen LogP contribution in [0.25, 0.3) is 22.4 Å². The van der Waals surface area contributed by atoms with Crippen LogP contribution in [-0.2, 0) is 0 Å². The van der Waals surface area contributed by atoms with Gasteiger partial charge in [-0.05, 0) is 30.3 Å². The first kappa shape index (κ1) is 12.6. The lowest BCUT2D eigenvalue weighted by Gasteiger charge is -2.04. The molecule has 0 N–H and O–H groups in total. The highest BCUT2D eigenvalue weighted by atomic mass is 35.5. The Morgan fingerprint density at radius 2 is 1.58 bits per heavy atom. The fourth-order valence-corrected chi connectivity index (χ4v) is 2.19. The van der Waals surface area contributed by atoms with Gasteiger partial charge in [-0.1, -0.05) is 34.8 Å². The van der Waals surface area contributed by atoms with Gasteiger partial charge in [0.25, 0.3) is 0 Å². The molecule has 0 unspecified atom stereocenters. The summed E-state index contributed by atoms with van der Waals surface area (Å²) in [5.74, 6) is 0.512. The topological polar surface area (TPSA) is 38.7 Å². The highest BCUT2D eigenvalue weighted by Gasteiger charge is 2.09. The third-order valence-electron chi connectivity index (χ3n) is 2.56. The number of hydrogen-bond donors (Lipinski definition) is 0. The summed E-state index contributed by atoms with van der Waals surface area (Å²) in [6.45, 7) is 0. The number of nitrogens with zero attached hydrogens (tertiary/aromatic N) is 3. The minimum absolute atomic E-state index is 0.298. The van der Waals surface area contributed by atoms with Crippen LogP contribution in [0.3, 0.4) is 0 Å². The summed E-state index contributed by atoms with van der Waals surface area (Å²) < 4.78 is 0. The third kappa shape index (κ3) is 2.50. The van der Waals surface area contributed by atoms with Crippen LogP contribution in [0.1, 0.15) is 0 Å². The highest BCUT2D eigenvalue weighted by Crippen LogP contribution is 2.25. The van der Waals surface area contributed by atoms with Gasteiger partial charge in [0.2, 0.25) is 0 Å². The number of pyridine rings is 1. The van der Waals surface area contributed by atoms with Crippen LogP contribution >= 0.6 is 34.8 Å². The van der Waals surface area contributed by atoms with E-state index in [0.717, 1.165) is 5.56 Å². The van der Waals surface area contributed by atoms with Gasteiger partial charge in [0.15, 0.2) is 11.0 Å². The van der Waals surface area contributed by atoms with Gasteiger partial charge in [-0.15, -0.1) is 0 Å². The van der Waals surface area contributed by atoms with Crippen molar-refractivity contribution in [1.82, 2.24) is 15.0 Å². The maximum atomic E-state index is 6.11. The zero-order valence-electron chi connectivity index (χ0n) is 9.44. The molecule has 0 aliphatic carbocycles. The van der Waals surface area contributed by atoms with Crippen molar-refractivity contribution in [3.63, 3.8) is 0 Å². The molecule has 3 nitrogen and oxygen atoms in total. The molecule has 2 heterocycles. The first-order valence-corrected chi connectivity index (χ1v) is 6.51. The summed E-state index contributed by atoms with van der Waals surface area (Å²) >= 11 is 17.9. The molecule has 6 heteroatoms. The standard InChI is InChI=1S/C13H6Cl3N3/c14-8-3-1-7(2-4-8)13-18-10-5-9(15)6-17-11(10)12(16)19-13/h1-6H. The van der Waals surface area contributed by atoms with E-state index in [2.05, 4.69) is 15.0 Å². The molecule has 0 saturated carbocycles. The van der Waals surface area contributed by atoms with Crippen molar-refractivity contribution >= 4 is 45.8 Å². The molecular weight excluding hydrogens is 305 g/mol. The minimum atomic E-state index is 0.298. The van der Waals surface area contributed by atoms with E-state index in [0.29, 0.717) is 32.1 Å². The minimum Gasteiger partial charge on any atom is -0.250 e. The number of fused-ring (bicyclic) bond motifs is 1. The predicted octanol–water partition coefficient (Wildman–Crippen LogP) is 4.65. The van der Waals surface area contributed by atoms with Gasteiger partial charge in [0, 0.05) is 16.8 Å². The zero-order chi connectivity index (χ0) is 13.4. The SMILES string of the molecule is Clc1ccc(-c2nc(Cl)c3ncc(Cl)cc3n2)cc1. The summed E-state index contributed by atoms with van der Waals surface area (Å²) in [5, 5.41) is 1.45. The lowest BCUT2D eigenvalue weighted by atomic mass is 10.2. The smallest absolute Gasteiger partial charge is 0.161 e. The van der Waals surface area contributed by atoms with E-state index in [9.17, 15) is 0 Å². The van der Waals surface area contributed by atoms with Crippen molar-refractivity contribution in [2.75, 3.05) is 0 Å². The van der Waals surface area contributed by atoms with Crippen molar-refractivity contribution in [2.45, 2.75) is 0 Å². The van der Waals surface area contributed by atoms with E-state index in [1.54, 1.807) is 18.2 Å². The van der Waals surface area contributed by atoms with E-state index >= 15 is 0 Å². The quantitative estimate of drug-likeness (QED) is 0.614. The molecule has 0 aliphatic heterocycles.